The number of likely N-dealkylation sites (tertiary alicyclic amines) is 1. The van der Waals surface area contributed by atoms with Gasteiger partial charge in [0.1, 0.15) is 0 Å². The Balaban J connectivity index is 1.80. The molecule has 2 saturated heterocycles. The lowest BCUT2D eigenvalue weighted by atomic mass is 9.87. The summed E-state index contributed by atoms with van der Waals surface area (Å²) in [5.41, 5.74) is 0. The largest absolute Gasteiger partial charge is 0.481 e. The molecule has 2 heterocycles. The molecule has 2 amide bonds. The molecule has 0 radical (unpaired) electrons. The first-order valence-corrected chi connectivity index (χ1v) is 6.83. The lowest BCUT2D eigenvalue weighted by Gasteiger charge is -2.44. The third kappa shape index (κ3) is 3.00. The highest BCUT2D eigenvalue weighted by atomic mass is 16.5. The molecule has 2 fully saturated rings. The normalized spacial score (nSPS) is 22.7. The number of amides is 2. The van der Waals surface area contributed by atoms with Gasteiger partial charge in [0.25, 0.3) is 0 Å². The topological polar surface area (TPSA) is 70.1 Å². The third-order valence-electron chi connectivity index (χ3n) is 4.32. The minimum atomic E-state index is -0.783. The van der Waals surface area contributed by atoms with Gasteiger partial charge in [-0.05, 0) is 12.8 Å². The van der Waals surface area contributed by atoms with Crippen LogP contribution in [0.3, 0.4) is 0 Å². The molecule has 0 aromatic carbocycles. The Kier molecular flexibility index (Phi) is 4.29. The zero-order valence-corrected chi connectivity index (χ0v) is 11.5. The number of hydrogen-bond donors (Lipinski definition) is 1. The summed E-state index contributed by atoms with van der Waals surface area (Å²) < 4.78 is 5.29. The van der Waals surface area contributed by atoms with Crippen molar-refractivity contribution in [2.45, 2.75) is 25.8 Å². The molecule has 1 atom stereocenters. The molecule has 19 heavy (non-hydrogen) atoms. The molecule has 6 nitrogen and oxygen atoms in total. The van der Waals surface area contributed by atoms with Crippen molar-refractivity contribution in [2.75, 3.05) is 33.4 Å². The number of carbonyl (C=O) groups excluding carboxylic acids is 1. The lowest BCUT2D eigenvalue weighted by Crippen LogP contribution is -2.58. The molecule has 108 valence electrons. The van der Waals surface area contributed by atoms with Crippen LogP contribution in [0.25, 0.3) is 0 Å². The number of urea groups is 1. The lowest BCUT2D eigenvalue weighted by molar-refractivity contribution is -0.145. The number of carboxylic acids is 1. The van der Waals surface area contributed by atoms with Gasteiger partial charge in [-0.25, -0.2) is 4.79 Å². The standard InChI is InChI=1S/C13H22N2O4/c1-9(12(16)17)10-7-15(8-10)13(18)14(2)11-3-5-19-6-4-11/h9-11H,3-8H2,1-2H3,(H,16,17). The summed E-state index contributed by atoms with van der Waals surface area (Å²) in [6.07, 6.45) is 1.76. The molecular formula is C13H22N2O4. The number of hydrogen-bond acceptors (Lipinski definition) is 3. The first-order valence-electron chi connectivity index (χ1n) is 6.83. The maximum absolute atomic E-state index is 12.2. The van der Waals surface area contributed by atoms with Gasteiger partial charge in [0.15, 0.2) is 0 Å². The van der Waals surface area contributed by atoms with Crippen molar-refractivity contribution in [3.05, 3.63) is 0 Å². The summed E-state index contributed by atoms with van der Waals surface area (Å²) >= 11 is 0. The zero-order valence-electron chi connectivity index (χ0n) is 11.5. The molecule has 2 aliphatic heterocycles. The van der Waals surface area contributed by atoms with Crippen LogP contribution in [0.2, 0.25) is 0 Å². The van der Waals surface area contributed by atoms with Crippen LogP contribution in [0, 0.1) is 11.8 Å². The number of aliphatic carboxylic acids is 1. The molecule has 0 bridgehead atoms. The van der Waals surface area contributed by atoms with E-state index in [-0.39, 0.29) is 23.9 Å². The van der Waals surface area contributed by atoms with Crippen LogP contribution in [0.4, 0.5) is 4.79 Å². The smallest absolute Gasteiger partial charge is 0.320 e. The summed E-state index contributed by atoms with van der Waals surface area (Å²) in [6.45, 7) is 4.23. The van der Waals surface area contributed by atoms with E-state index >= 15 is 0 Å². The summed E-state index contributed by atoms with van der Waals surface area (Å²) in [5.74, 6) is -1.07. The fourth-order valence-electron chi connectivity index (χ4n) is 2.64. The van der Waals surface area contributed by atoms with Gasteiger partial charge in [0.05, 0.1) is 5.92 Å². The predicted octanol–water partition coefficient (Wildman–Crippen LogP) is 0.870. The van der Waals surface area contributed by atoms with E-state index in [1.54, 1.807) is 16.7 Å². The van der Waals surface area contributed by atoms with E-state index in [2.05, 4.69) is 0 Å². The summed E-state index contributed by atoms with van der Waals surface area (Å²) in [5, 5.41) is 8.93. The highest BCUT2D eigenvalue weighted by Crippen LogP contribution is 2.26. The summed E-state index contributed by atoms with van der Waals surface area (Å²) in [4.78, 5) is 26.6. The number of nitrogens with zero attached hydrogens (tertiary/aromatic N) is 2. The van der Waals surface area contributed by atoms with E-state index in [1.165, 1.54) is 0 Å². The van der Waals surface area contributed by atoms with E-state index in [4.69, 9.17) is 9.84 Å². The molecule has 0 aliphatic carbocycles. The van der Waals surface area contributed by atoms with Crippen molar-refractivity contribution < 1.29 is 19.4 Å². The number of ether oxygens (including phenoxy) is 1. The maximum Gasteiger partial charge on any atom is 0.320 e. The van der Waals surface area contributed by atoms with Crippen molar-refractivity contribution in [2.24, 2.45) is 11.8 Å². The van der Waals surface area contributed by atoms with Crippen molar-refractivity contribution in [1.82, 2.24) is 9.80 Å². The van der Waals surface area contributed by atoms with Gasteiger partial charge in [-0.2, -0.15) is 0 Å². The molecule has 2 aliphatic rings. The molecule has 1 unspecified atom stereocenters. The Morgan fingerprint density at radius 2 is 1.89 bits per heavy atom. The van der Waals surface area contributed by atoms with Crippen LogP contribution in [0.15, 0.2) is 0 Å². The van der Waals surface area contributed by atoms with Crippen LogP contribution in [0.1, 0.15) is 19.8 Å². The van der Waals surface area contributed by atoms with Crippen LogP contribution in [-0.2, 0) is 9.53 Å². The van der Waals surface area contributed by atoms with E-state index in [0.29, 0.717) is 26.3 Å². The molecule has 0 aromatic rings. The zero-order chi connectivity index (χ0) is 14.0. The Hall–Kier alpha value is -1.30. The molecule has 1 N–H and O–H groups in total. The van der Waals surface area contributed by atoms with Crippen molar-refractivity contribution in [3.63, 3.8) is 0 Å². The van der Waals surface area contributed by atoms with Gasteiger partial charge in [-0.1, -0.05) is 6.92 Å². The van der Waals surface area contributed by atoms with E-state index < -0.39 is 5.97 Å². The molecular weight excluding hydrogens is 248 g/mol. The quantitative estimate of drug-likeness (QED) is 0.826. The first kappa shape index (κ1) is 14.1. The number of carbonyl (C=O) groups is 2. The fourth-order valence-corrected chi connectivity index (χ4v) is 2.64. The second-order valence-corrected chi connectivity index (χ2v) is 5.53. The maximum atomic E-state index is 12.2. The van der Waals surface area contributed by atoms with Crippen molar-refractivity contribution in [1.29, 1.82) is 0 Å². The summed E-state index contributed by atoms with van der Waals surface area (Å²) in [6, 6.07) is 0.262. The van der Waals surface area contributed by atoms with E-state index in [9.17, 15) is 9.59 Å². The van der Waals surface area contributed by atoms with Crippen molar-refractivity contribution in [3.8, 4) is 0 Å². The Morgan fingerprint density at radius 3 is 2.42 bits per heavy atom. The number of carboxylic acid groups (broad SMARTS) is 1. The predicted molar refractivity (Wildman–Crippen MR) is 68.9 cm³/mol. The van der Waals surface area contributed by atoms with Crippen LogP contribution < -0.4 is 0 Å². The average molecular weight is 270 g/mol. The van der Waals surface area contributed by atoms with E-state index in [0.717, 1.165) is 12.8 Å². The monoisotopic (exact) mass is 270 g/mol. The van der Waals surface area contributed by atoms with Gasteiger partial charge in [-0.3, -0.25) is 4.79 Å². The minimum Gasteiger partial charge on any atom is -0.481 e. The second-order valence-electron chi connectivity index (χ2n) is 5.53. The molecule has 2 rings (SSSR count). The highest BCUT2D eigenvalue weighted by molar-refractivity contribution is 5.76. The van der Waals surface area contributed by atoms with Gasteiger partial charge in [0, 0.05) is 45.3 Å². The molecule has 0 spiro atoms. The Labute approximate surface area is 113 Å². The summed E-state index contributed by atoms with van der Waals surface area (Å²) in [7, 11) is 1.83. The average Bonchev–Trinajstić information content (AvgIpc) is 2.36. The first-order chi connectivity index (χ1) is 9.00. The van der Waals surface area contributed by atoms with E-state index in [1.807, 2.05) is 7.05 Å². The Bertz CT molecular complexity index is 349. The van der Waals surface area contributed by atoms with Crippen LogP contribution >= 0.6 is 0 Å². The van der Waals surface area contributed by atoms with Crippen molar-refractivity contribution >= 4 is 12.0 Å². The van der Waals surface area contributed by atoms with Gasteiger partial charge in [-0.15, -0.1) is 0 Å². The SMILES string of the molecule is CC(C(=O)O)C1CN(C(=O)N(C)C2CCOCC2)C1. The fraction of sp³-hybridized carbons (Fsp3) is 0.846. The second kappa shape index (κ2) is 5.77. The molecule has 0 saturated carbocycles. The van der Waals surface area contributed by atoms with Crippen LogP contribution in [-0.4, -0.2) is 66.3 Å². The van der Waals surface area contributed by atoms with Gasteiger partial charge in [0.2, 0.25) is 0 Å². The minimum absolute atomic E-state index is 0.0146. The highest BCUT2D eigenvalue weighted by Gasteiger charge is 2.39. The molecule has 6 heteroatoms. The van der Waals surface area contributed by atoms with Gasteiger partial charge < -0.3 is 19.6 Å². The van der Waals surface area contributed by atoms with Gasteiger partial charge >= 0.3 is 12.0 Å². The third-order valence-corrected chi connectivity index (χ3v) is 4.32. The Morgan fingerprint density at radius 1 is 1.32 bits per heavy atom. The molecule has 0 aromatic heterocycles. The number of rotatable bonds is 3. The van der Waals surface area contributed by atoms with Crippen LogP contribution in [0.5, 0.6) is 0 Å².